The summed E-state index contributed by atoms with van der Waals surface area (Å²) in [6.07, 6.45) is 0.172. The molecule has 1 aromatic rings. The lowest BCUT2D eigenvalue weighted by atomic mass is 10.1. The zero-order valence-corrected chi connectivity index (χ0v) is 12.0. The van der Waals surface area contributed by atoms with Gasteiger partial charge < -0.3 is 20.6 Å². The number of carbonyl (C=O) groups excluding carboxylic acids is 2. The molecular weight excluding hydrogens is 274 g/mol. The summed E-state index contributed by atoms with van der Waals surface area (Å²) in [4.78, 5) is 35.4. The Balaban J connectivity index is 2.53. The molecule has 0 aliphatic rings. The zero-order chi connectivity index (χ0) is 15.8. The molecule has 1 aromatic carbocycles. The number of carboxylic acid groups (broad SMARTS) is 1. The van der Waals surface area contributed by atoms with Gasteiger partial charge >= 0.3 is 12.0 Å². The number of amides is 3. The molecule has 114 valence electrons. The Morgan fingerprint density at radius 3 is 2.33 bits per heavy atom. The van der Waals surface area contributed by atoms with Gasteiger partial charge in [0.15, 0.2) is 0 Å². The van der Waals surface area contributed by atoms with Gasteiger partial charge in [-0.25, -0.2) is 9.59 Å². The fraction of sp³-hybridized carbons (Fsp3) is 0.357. The molecular formula is C14H19N3O4. The van der Waals surface area contributed by atoms with E-state index in [4.69, 9.17) is 5.11 Å². The second-order valence-electron chi connectivity index (χ2n) is 4.70. The smallest absolute Gasteiger partial charge is 0.326 e. The first kappa shape index (κ1) is 16.5. The number of nitrogens with zero attached hydrogens (tertiary/aromatic N) is 1. The fourth-order valence-electron chi connectivity index (χ4n) is 1.57. The monoisotopic (exact) mass is 293 g/mol. The van der Waals surface area contributed by atoms with Crippen LogP contribution in [-0.2, 0) is 16.0 Å². The van der Waals surface area contributed by atoms with Crippen LogP contribution in [0.25, 0.3) is 0 Å². The third-order valence-corrected chi connectivity index (χ3v) is 2.79. The standard InChI is InChI=1S/C14H19N3O4/c1-17(2)12(18)9-15-14(21)16-11(13(19)20)8-10-6-4-3-5-7-10/h3-7,11H,8-9H2,1-2H3,(H,19,20)(H2,15,16,21)/t11-/m0/s1. The molecule has 0 unspecified atom stereocenters. The summed E-state index contributed by atoms with van der Waals surface area (Å²) in [7, 11) is 3.13. The normalized spacial score (nSPS) is 11.3. The van der Waals surface area contributed by atoms with Gasteiger partial charge in [-0.3, -0.25) is 4.79 Å². The highest BCUT2D eigenvalue weighted by atomic mass is 16.4. The fourth-order valence-corrected chi connectivity index (χ4v) is 1.57. The maximum atomic E-state index is 11.6. The minimum Gasteiger partial charge on any atom is -0.480 e. The van der Waals surface area contributed by atoms with Crippen molar-refractivity contribution in [2.75, 3.05) is 20.6 Å². The molecule has 0 radical (unpaired) electrons. The number of carboxylic acids is 1. The minimum atomic E-state index is -1.13. The van der Waals surface area contributed by atoms with Crippen LogP contribution in [0, 0.1) is 0 Å². The van der Waals surface area contributed by atoms with Crippen molar-refractivity contribution in [3.63, 3.8) is 0 Å². The molecule has 0 aromatic heterocycles. The molecule has 1 atom stereocenters. The van der Waals surface area contributed by atoms with Gasteiger partial charge in [-0.15, -0.1) is 0 Å². The molecule has 0 aliphatic heterocycles. The van der Waals surface area contributed by atoms with Gasteiger partial charge in [0.25, 0.3) is 0 Å². The highest BCUT2D eigenvalue weighted by Gasteiger charge is 2.20. The predicted molar refractivity (Wildman–Crippen MR) is 76.8 cm³/mol. The Morgan fingerprint density at radius 2 is 1.81 bits per heavy atom. The van der Waals surface area contributed by atoms with E-state index in [0.717, 1.165) is 5.56 Å². The van der Waals surface area contributed by atoms with E-state index in [9.17, 15) is 14.4 Å². The number of aliphatic carboxylic acids is 1. The summed E-state index contributed by atoms with van der Waals surface area (Å²) in [5, 5.41) is 13.8. The molecule has 0 bridgehead atoms. The van der Waals surface area contributed by atoms with Crippen molar-refractivity contribution in [3.05, 3.63) is 35.9 Å². The van der Waals surface area contributed by atoms with Crippen LogP contribution in [0.4, 0.5) is 4.79 Å². The number of carbonyl (C=O) groups is 3. The molecule has 0 fully saturated rings. The van der Waals surface area contributed by atoms with Crippen molar-refractivity contribution in [2.45, 2.75) is 12.5 Å². The van der Waals surface area contributed by atoms with Crippen molar-refractivity contribution in [1.82, 2.24) is 15.5 Å². The topological polar surface area (TPSA) is 98.7 Å². The van der Waals surface area contributed by atoms with Gasteiger partial charge in [0, 0.05) is 20.5 Å². The highest BCUT2D eigenvalue weighted by molar-refractivity contribution is 5.86. The lowest BCUT2D eigenvalue weighted by Crippen LogP contribution is -2.49. The van der Waals surface area contributed by atoms with Crippen LogP contribution >= 0.6 is 0 Å². The number of nitrogens with one attached hydrogen (secondary N) is 2. The Bertz CT molecular complexity index is 502. The van der Waals surface area contributed by atoms with Crippen molar-refractivity contribution < 1.29 is 19.5 Å². The summed E-state index contributed by atoms with van der Waals surface area (Å²) in [5.74, 6) is -1.41. The SMILES string of the molecule is CN(C)C(=O)CNC(=O)N[C@@H](Cc1ccccc1)C(=O)O. The van der Waals surface area contributed by atoms with Crippen molar-refractivity contribution in [2.24, 2.45) is 0 Å². The molecule has 1 rings (SSSR count). The van der Waals surface area contributed by atoms with Crippen LogP contribution in [0.15, 0.2) is 30.3 Å². The third kappa shape index (κ3) is 5.94. The van der Waals surface area contributed by atoms with Gasteiger partial charge in [-0.1, -0.05) is 30.3 Å². The van der Waals surface area contributed by atoms with E-state index in [2.05, 4.69) is 10.6 Å². The lowest BCUT2D eigenvalue weighted by Gasteiger charge is -2.16. The van der Waals surface area contributed by atoms with Gasteiger partial charge in [-0.05, 0) is 5.56 Å². The lowest BCUT2D eigenvalue weighted by molar-refractivity contribution is -0.139. The average molecular weight is 293 g/mol. The van der Waals surface area contributed by atoms with E-state index in [0.29, 0.717) is 0 Å². The van der Waals surface area contributed by atoms with E-state index in [1.165, 1.54) is 4.90 Å². The highest BCUT2D eigenvalue weighted by Crippen LogP contribution is 2.03. The second-order valence-corrected chi connectivity index (χ2v) is 4.70. The number of hydrogen-bond acceptors (Lipinski definition) is 3. The van der Waals surface area contributed by atoms with Crippen molar-refractivity contribution >= 4 is 17.9 Å². The Kier molecular flexibility index (Phi) is 6.19. The summed E-state index contributed by atoms with van der Waals surface area (Å²) in [5.41, 5.74) is 0.801. The number of hydrogen-bond donors (Lipinski definition) is 3. The van der Waals surface area contributed by atoms with Gasteiger partial charge in [0.05, 0.1) is 6.54 Å². The number of rotatable bonds is 6. The molecule has 3 amide bonds. The Labute approximate surface area is 122 Å². The van der Waals surface area contributed by atoms with Crippen LogP contribution in [0.1, 0.15) is 5.56 Å². The van der Waals surface area contributed by atoms with E-state index in [1.54, 1.807) is 38.4 Å². The largest absolute Gasteiger partial charge is 0.480 e. The first-order chi connectivity index (χ1) is 9.90. The molecule has 0 heterocycles. The first-order valence-corrected chi connectivity index (χ1v) is 6.41. The maximum Gasteiger partial charge on any atom is 0.326 e. The minimum absolute atomic E-state index is 0.172. The zero-order valence-electron chi connectivity index (χ0n) is 12.0. The van der Waals surface area contributed by atoms with Gasteiger partial charge in [0.2, 0.25) is 5.91 Å². The molecule has 0 spiro atoms. The van der Waals surface area contributed by atoms with Crippen LogP contribution in [-0.4, -0.2) is 54.6 Å². The predicted octanol–water partition coefficient (Wildman–Crippen LogP) is 0.0697. The van der Waals surface area contributed by atoms with Crippen LogP contribution < -0.4 is 10.6 Å². The van der Waals surface area contributed by atoms with E-state index < -0.39 is 18.0 Å². The molecule has 7 heteroatoms. The quantitative estimate of drug-likeness (QED) is 0.691. The first-order valence-electron chi connectivity index (χ1n) is 6.41. The molecule has 21 heavy (non-hydrogen) atoms. The third-order valence-electron chi connectivity index (χ3n) is 2.79. The van der Waals surface area contributed by atoms with E-state index in [-0.39, 0.29) is 18.9 Å². The Morgan fingerprint density at radius 1 is 1.19 bits per heavy atom. The van der Waals surface area contributed by atoms with E-state index in [1.807, 2.05) is 6.07 Å². The molecule has 7 nitrogen and oxygen atoms in total. The molecule has 3 N–H and O–H groups in total. The summed E-state index contributed by atoms with van der Waals surface area (Å²) in [6, 6.07) is 7.24. The number of urea groups is 1. The van der Waals surface area contributed by atoms with Gasteiger partial charge in [0.1, 0.15) is 6.04 Å². The van der Waals surface area contributed by atoms with Crippen molar-refractivity contribution in [1.29, 1.82) is 0 Å². The average Bonchev–Trinajstić information content (AvgIpc) is 2.44. The van der Waals surface area contributed by atoms with Crippen LogP contribution in [0.5, 0.6) is 0 Å². The summed E-state index contributed by atoms with van der Waals surface area (Å²) in [6.45, 7) is -0.184. The summed E-state index contributed by atoms with van der Waals surface area (Å²) < 4.78 is 0. The second kappa shape index (κ2) is 7.88. The Hall–Kier alpha value is -2.57. The number of likely N-dealkylation sites (N-methyl/N-ethyl adjacent to an activating group) is 1. The summed E-state index contributed by atoms with van der Waals surface area (Å²) >= 11 is 0. The van der Waals surface area contributed by atoms with Crippen LogP contribution in [0.3, 0.4) is 0 Å². The molecule has 0 saturated heterocycles. The van der Waals surface area contributed by atoms with Gasteiger partial charge in [-0.2, -0.15) is 0 Å². The van der Waals surface area contributed by atoms with Crippen molar-refractivity contribution in [3.8, 4) is 0 Å². The maximum absolute atomic E-state index is 11.6. The molecule has 0 saturated carbocycles. The number of benzene rings is 1. The van der Waals surface area contributed by atoms with Crippen LogP contribution in [0.2, 0.25) is 0 Å². The van der Waals surface area contributed by atoms with E-state index >= 15 is 0 Å². The molecule has 0 aliphatic carbocycles.